The van der Waals surface area contributed by atoms with Crippen LogP contribution in [0.3, 0.4) is 0 Å². The third-order valence-corrected chi connectivity index (χ3v) is 4.51. The molecular formula is C15H16F2N2S. The zero-order valence-electron chi connectivity index (χ0n) is 11.0. The first-order valence-electron chi connectivity index (χ1n) is 6.69. The molecule has 1 aliphatic heterocycles. The van der Waals surface area contributed by atoms with E-state index in [1.54, 1.807) is 17.4 Å². The monoisotopic (exact) mass is 294 g/mol. The number of nitrogens with one attached hydrogen (secondary N) is 1. The first-order valence-corrected chi connectivity index (χ1v) is 7.57. The average molecular weight is 294 g/mol. The van der Waals surface area contributed by atoms with Gasteiger partial charge in [-0.25, -0.2) is 8.78 Å². The second kappa shape index (κ2) is 5.99. The van der Waals surface area contributed by atoms with Crippen LogP contribution in [-0.4, -0.2) is 31.1 Å². The molecule has 2 nitrogen and oxygen atoms in total. The van der Waals surface area contributed by atoms with E-state index in [9.17, 15) is 8.78 Å². The molecule has 3 rings (SSSR count). The Balaban J connectivity index is 1.98. The Morgan fingerprint density at radius 1 is 1.10 bits per heavy atom. The zero-order chi connectivity index (χ0) is 13.9. The highest BCUT2D eigenvalue weighted by molar-refractivity contribution is 7.10. The fraction of sp³-hybridized carbons (Fsp3) is 0.333. The van der Waals surface area contributed by atoms with Gasteiger partial charge in [-0.1, -0.05) is 12.1 Å². The van der Waals surface area contributed by atoms with Crippen LogP contribution >= 0.6 is 11.3 Å². The minimum Gasteiger partial charge on any atom is -0.314 e. The average Bonchev–Trinajstić information content (AvgIpc) is 2.98. The Morgan fingerprint density at radius 3 is 2.55 bits per heavy atom. The van der Waals surface area contributed by atoms with Crippen LogP contribution in [0.4, 0.5) is 8.78 Å². The number of rotatable bonds is 3. The van der Waals surface area contributed by atoms with E-state index >= 15 is 0 Å². The van der Waals surface area contributed by atoms with Crippen molar-refractivity contribution in [2.75, 3.05) is 26.2 Å². The van der Waals surface area contributed by atoms with Gasteiger partial charge in [-0.2, -0.15) is 0 Å². The second-order valence-corrected chi connectivity index (χ2v) is 5.86. The molecule has 106 valence electrons. The molecule has 0 unspecified atom stereocenters. The van der Waals surface area contributed by atoms with E-state index in [0.717, 1.165) is 36.6 Å². The molecule has 1 aliphatic rings. The van der Waals surface area contributed by atoms with Gasteiger partial charge in [0.15, 0.2) is 11.6 Å². The summed E-state index contributed by atoms with van der Waals surface area (Å²) in [6.45, 7) is 3.65. The quantitative estimate of drug-likeness (QED) is 0.936. The Labute approximate surface area is 121 Å². The number of hydrogen-bond acceptors (Lipinski definition) is 3. The summed E-state index contributed by atoms with van der Waals surface area (Å²) in [7, 11) is 0. The van der Waals surface area contributed by atoms with Crippen molar-refractivity contribution < 1.29 is 8.78 Å². The SMILES string of the molecule is Fc1ccc([C@H](c2cccs2)N2CCNCC2)cc1F. The van der Waals surface area contributed by atoms with E-state index < -0.39 is 11.6 Å². The summed E-state index contributed by atoms with van der Waals surface area (Å²) in [5, 5.41) is 5.33. The maximum atomic E-state index is 13.5. The molecule has 2 aromatic rings. The van der Waals surface area contributed by atoms with Crippen molar-refractivity contribution in [1.29, 1.82) is 0 Å². The van der Waals surface area contributed by atoms with E-state index in [4.69, 9.17) is 0 Å². The van der Waals surface area contributed by atoms with Crippen molar-refractivity contribution in [3.05, 3.63) is 57.8 Å². The van der Waals surface area contributed by atoms with Gasteiger partial charge < -0.3 is 5.32 Å². The number of thiophene rings is 1. The predicted octanol–water partition coefficient (Wildman–Crippen LogP) is 3.02. The Hall–Kier alpha value is -1.30. The summed E-state index contributed by atoms with van der Waals surface area (Å²) in [6.07, 6.45) is 0. The fourth-order valence-electron chi connectivity index (χ4n) is 2.62. The molecule has 0 amide bonds. The van der Waals surface area contributed by atoms with Gasteiger partial charge in [0.25, 0.3) is 0 Å². The van der Waals surface area contributed by atoms with Crippen LogP contribution < -0.4 is 5.32 Å². The molecule has 2 heterocycles. The summed E-state index contributed by atoms with van der Waals surface area (Å²) in [5.41, 5.74) is 0.813. The van der Waals surface area contributed by atoms with Gasteiger partial charge in [-0.05, 0) is 29.1 Å². The molecule has 1 aromatic carbocycles. The molecule has 0 radical (unpaired) electrons. The Bertz CT molecular complexity index is 565. The lowest BCUT2D eigenvalue weighted by Gasteiger charge is -2.34. The molecule has 0 spiro atoms. The molecule has 0 aliphatic carbocycles. The molecule has 1 atom stereocenters. The lowest BCUT2D eigenvalue weighted by molar-refractivity contribution is 0.200. The molecule has 0 saturated carbocycles. The van der Waals surface area contributed by atoms with Gasteiger partial charge in [0, 0.05) is 31.1 Å². The van der Waals surface area contributed by atoms with E-state index in [2.05, 4.69) is 16.3 Å². The van der Waals surface area contributed by atoms with Gasteiger partial charge >= 0.3 is 0 Å². The third-order valence-electron chi connectivity index (χ3n) is 3.59. The predicted molar refractivity (Wildman–Crippen MR) is 77.0 cm³/mol. The van der Waals surface area contributed by atoms with Gasteiger partial charge in [-0.3, -0.25) is 4.90 Å². The summed E-state index contributed by atoms with van der Waals surface area (Å²) >= 11 is 1.65. The highest BCUT2D eigenvalue weighted by Crippen LogP contribution is 2.32. The van der Waals surface area contributed by atoms with Gasteiger partial charge in [0.2, 0.25) is 0 Å². The molecule has 20 heavy (non-hydrogen) atoms. The fourth-order valence-corrected chi connectivity index (χ4v) is 3.51. The molecule has 1 N–H and O–H groups in total. The van der Waals surface area contributed by atoms with E-state index in [0.29, 0.717) is 0 Å². The van der Waals surface area contributed by atoms with Crippen LogP contribution in [0.15, 0.2) is 35.7 Å². The van der Waals surface area contributed by atoms with Crippen LogP contribution in [0.1, 0.15) is 16.5 Å². The first-order chi connectivity index (χ1) is 9.75. The largest absolute Gasteiger partial charge is 0.314 e. The maximum Gasteiger partial charge on any atom is 0.159 e. The lowest BCUT2D eigenvalue weighted by Crippen LogP contribution is -2.45. The van der Waals surface area contributed by atoms with Crippen molar-refractivity contribution in [2.24, 2.45) is 0 Å². The van der Waals surface area contributed by atoms with Crippen LogP contribution in [0.2, 0.25) is 0 Å². The minimum absolute atomic E-state index is 0.00667. The molecule has 1 aromatic heterocycles. The topological polar surface area (TPSA) is 15.3 Å². The summed E-state index contributed by atoms with van der Waals surface area (Å²) < 4.78 is 26.7. The Kier molecular flexibility index (Phi) is 4.10. The van der Waals surface area contributed by atoms with Crippen LogP contribution in [0.25, 0.3) is 0 Å². The summed E-state index contributed by atoms with van der Waals surface area (Å²) in [4.78, 5) is 3.48. The first kappa shape index (κ1) is 13.7. The second-order valence-electron chi connectivity index (χ2n) is 4.88. The summed E-state index contributed by atoms with van der Waals surface area (Å²) in [5.74, 6) is -1.57. The van der Waals surface area contributed by atoms with Crippen LogP contribution in [0.5, 0.6) is 0 Å². The molecule has 1 saturated heterocycles. The lowest BCUT2D eigenvalue weighted by atomic mass is 10.0. The molecule has 0 bridgehead atoms. The number of benzene rings is 1. The summed E-state index contributed by atoms with van der Waals surface area (Å²) in [6, 6.07) is 8.28. The van der Waals surface area contributed by atoms with E-state index in [1.807, 2.05) is 11.4 Å². The van der Waals surface area contributed by atoms with Gasteiger partial charge in [0.05, 0.1) is 6.04 Å². The Morgan fingerprint density at radius 2 is 1.90 bits per heavy atom. The van der Waals surface area contributed by atoms with Crippen LogP contribution in [0, 0.1) is 11.6 Å². The number of halogens is 2. The smallest absolute Gasteiger partial charge is 0.159 e. The molecule has 5 heteroatoms. The standard InChI is InChI=1S/C15H16F2N2S/c16-12-4-3-11(10-13(12)17)15(14-2-1-9-20-14)19-7-5-18-6-8-19/h1-4,9-10,15,18H,5-8H2/t15-/m1/s1. The van der Waals surface area contributed by atoms with Crippen molar-refractivity contribution in [3.8, 4) is 0 Å². The number of nitrogens with zero attached hydrogens (tertiary/aromatic N) is 1. The van der Waals surface area contributed by atoms with Crippen molar-refractivity contribution in [3.63, 3.8) is 0 Å². The van der Waals surface area contributed by atoms with Crippen molar-refractivity contribution in [1.82, 2.24) is 10.2 Å². The maximum absolute atomic E-state index is 13.5. The number of hydrogen-bond donors (Lipinski definition) is 1. The van der Waals surface area contributed by atoms with Crippen molar-refractivity contribution >= 4 is 11.3 Å². The normalized spacial score (nSPS) is 18.1. The number of piperazine rings is 1. The zero-order valence-corrected chi connectivity index (χ0v) is 11.8. The van der Waals surface area contributed by atoms with Gasteiger partial charge in [0.1, 0.15) is 0 Å². The van der Waals surface area contributed by atoms with E-state index in [1.165, 1.54) is 12.1 Å². The van der Waals surface area contributed by atoms with E-state index in [-0.39, 0.29) is 6.04 Å². The van der Waals surface area contributed by atoms with Gasteiger partial charge in [-0.15, -0.1) is 11.3 Å². The molecular weight excluding hydrogens is 278 g/mol. The highest BCUT2D eigenvalue weighted by atomic mass is 32.1. The highest BCUT2D eigenvalue weighted by Gasteiger charge is 2.25. The molecule has 1 fully saturated rings. The third kappa shape index (κ3) is 2.75. The van der Waals surface area contributed by atoms with Crippen LogP contribution in [-0.2, 0) is 0 Å². The van der Waals surface area contributed by atoms with Crippen molar-refractivity contribution in [2.45, 2.75) is 6.04 Å². The minimum atomic E-state index is -0.793.